The van der Waals surface area contributed by atoms with Crippen LogP contribution < -0.4 is 16.6 Å². The summed E-state index contributed by atoms with van der Waals surface area (Å²) in [5, 5.41) is 13.3. The van der Waals surface area contributed by atoms with Crippen LogP contribution in [0.2, 0.25) is 0 Å². The number of carbonyl (C=O) groups is 1. The largest absolute Gasteiger partial charge is 0.393 e. The van der Waals surface area contributed by atoms with Gasteiger partial charge in [0.1, 0.15) is 0 Å². The average molecular weight is 414 g/mol. The molecule has 7 nitrogen and oxygen atoms in total. The molecule has 0 spiro atoms. The molecule has 1 aliphatic rings. The number of hydrogen-bond donors (Lipinski definition) is 4. The Hall–Kier alpha value is -2.67. The van der Waals surface area contributed by atoms with Crippen molar-refractivity contribution in [1.29, 1.82) is 0 Å². The van der Waals surface area contributed by atoms with Crippen LogP contribution in [0.1, 0.15) is 61.8 Å². The Morgan fingerprint density at radius 3 is 2.67 bits per heavy atom. The molecule has 30 heavy (non-hydrogen) atoms. The number of aliphatic hydroxyl groups is 1. The Balaban J connectivity index is 1.68. The molecule has 1 aliphatic carbocycles. The van der Waals surface area contributed by atoms with E-state index >= 15 is 0 Å². The van der Waals surface area contributed by atoms with Gasteiger partial charge < -0.3 is 15.4 Å². The maximum atomic E-state index is 12.5. The topological polar surface area (TPSA) is 115 Å². The first kappa shape index (κ1) is 22.0. The van der Waals surface area contributed by atoms with Crippen LogP contribution in [0.4, 0.5) is 0 Å². The van der Waals surface area contributed by atoms with E-state index in [1.165, 1.54) is 5.56 Å². The fraction of sp³-hybridized carbons (Fsp3) is 0.522. The maximum Gasteiger partial charge on any atom is 0.325 e. The van der Waals surface area contributed by atoms with Crippen LogP contribution in [-0.4, -0.2) is 33.6 Å². The molecular formula is C23H31N3O4. The predicted octanol–water partition coefficient (Wildman–Crippen LogP) is 2.15. The molecule has 1 aromatic carbocycles. The van der Waals surface area contributed by atoms with Gasteiger partial charge in [0.15, 0.2) is 0 Å². The molecule has 2 aromatic rings. The zero-order valence-corrected chi connectivity index (χ0v) is 17.7. The summed E-state index contributed by atoms with van der Waals surface area (Å²) in [5.74, 6) is -0.0112. The molecule has 7 heteroatoms. The number of amides is 1. The van der Waals surface area contributed by atoms with Crippen LogP contribution in [0.3, 0.4) is 0 Å². The molecule has 4 N–H and O–H groups in total. The molecule has 0 unspecified atom stereocenters. The van der Waals surface area contributed by atoms with E-state index in [9.17, 15) is 19.5 Å². The molecule has 0 saturated heterocycles. The van der Waals surface area contributed by atoms with Gasteiger partial charge in [-0.2, -0.15) is 0 Å². The molecule has 1 aromatic heterocycles. The van der Waals surface area contributed by atoms with E-state index in [1.807, 2.05) is 18.2 Å². The number of aliphatic hydroxyl groups excluding tert-OH is 1. The van der Waals surface area contributed by atoms with Gasteiger partial charge in [0.05, 0.1) is 12.5 Å². The minimum atomic E-state index is -0.571. The molecule has 0 aliphatic heterocycles. The van der Waals surface area contributed by atoms with E-state index in [2.05, 4.69) is 34.3 Å². The van der Waals surface area contributed by atoms with Gasteiger partial charge in [0, 0.05) is 17.8 Å². The van der Waals surface area contributed by atoms with E-state index in [-0.39, 0.29) is 35.3 Å². The van der Waals surface area contributed by atoms with Crippen molar-refractivity contribution in [3.05, 3.63) is 68.0 Å². The second-order valence-corrected chi connectivity index (χ2v) is 8.87. The molecule has 1 heterocycles. The molecule has 3 atom stereocenters. The highest BCUT2D eigenvalue weighted by atomic mass is 16.3. The smallest absolute Gasteiger partial charge is 0.325 e. The first-order chi connectivity index (χ1) is 14.3. The normalized spacial score (nSPS) is 24.6. The number of aryl methyl sites for hydroxylation is 1. The molecule has 0 bridgehead atoms. The quantitative estimate of drug-likeness (QED) is 0.601. The van der Waals surface area contributed by atoms with E-state index < -0.39 is 11.2 Å². The SMILES string of the molecule is Cc1[nH]c(=O)[nH]c(=O)c1CC(=O)NC[C@]1(C)CCC[C@@H](O)C[C@H](c2ccccc2)C1. The maximum absolute atomic E-state index is 12.5. The number of H-pyrrole nitrogens is 2. The summed E-state index contributed by atoms with van der Waals surface area (Å²) < 4.78 is 0. The van der Waals surface area contributed by atoms with Crippen LogP contribution in [0, 0.1) is 12.3 Å². The highest BCUT2D eigenvalue weighted by molar-refractivity contribution is 5.78. The Bertz CT molecular complexity index is 982. The van der Waals surface area contributed by atoms with Gasteiger partial charge in [-0.05, 0) is 49.5 Å². The van der Waals surface area contributed by atoms with Crippen molar-refractivity contribution in [2.75, 3.05) is 6.54 Å². The van der Waals surface area contributed by atoms with Crippen LogP contribution in [-0.2, 0) is 11.2 Å². The number of benzene rings is 1. The van der Waals surface area contributed by atoms with Crippen molar-refractivity contribution in [2.45, 2.75) is 64.4 Å². The molecule has 162 valence electrons. The monoisotopic (exact) mass is 413 g/mol. The van der Waals surface area contributed by atoms with Gasteiger partial charge in [-0.3, -0.25) is 14.6 Å². The zero-order chi connectivity index (χ0) is 21.7. The Kier molecular flexibility index (Phi) is 6.92. The fourth-order valence-electron chi connectivity index (χ4n) is 4.50. The molecule has 3 rings (SSSR count). The summed E-state index contributed by atoms with van der Waals surface area (Å²) in [6, 6.07) is 10.2. The number of aromatic nitrogens is 2. The first-order valence-corrected chi connectivity index (χ1v) is 10.6. The van der Waals surface area contributed by atoms with Crippen molar-refractivity contribution in [3.63, 3.8) is 0 Å². The lowest BCUT2D eigenvalue weighted by Crippen LogP contribution is -2.40. The van der Waals surface area contributed by atoms with Crippen LogP contribution in [0.15, 0.2) is 39.9 Å². The Labute approximate surface area is 175 Å². The van der Waals surface area contributed by atoms with E-state index in [4.69, 9.17) is 0 Å². The second-order valence-electron chi connectivity index (χ2n) is 8.87. The van der Waals surface area contributed by atoms with Gasteiger partial charge >= 0.3 is 5.69 Å². The fourth-order valence-corrected chi connectivity index (χ4v) is 4.50. The number of nitrogens with one attached hydrogen (secondary N) is 3. The molecule has 1 fully saturated rings. The molecule has 1 amide bonds. The minimum absolute atomic E-state index is 0.0745. The Morgan fingerprint density at radius 1 is 1.23 bits per heavy atom. The third-order valence-electron chi connectivity index (χ3n) is 6.19. The third-order valence-corrected chi connectivity index (χ3v) is 6.19. The third kappa shape index (κ3) is 5.69. The molecule has 1 saturated carbocycles. The summed E-state index contributed by atoms with van der Waals surface area (Å²) in [6.07, 6.45) is 3.80. The van der Waals surface area contributed by atoms with E-state index in [0.29, 0.717) is 12.2 Å². The summed E-state index contributed by atoms with van der Waals surface area (Å²) in [6.45, 7) is 4.30. The number of carbonyl (C=O) groups excluding carboxylic acids is 1. The summed E-state index contributed by atoms with van der Waals surface area (Å²) >= 11 is 0. The molecule has 0 radical (unpaired) electrons. The highest BCUT2D eigenvalue weighted by Crippen LogP contribution is 2.40. The van der Waals surface area contributed by atoms with Gasteiger partial charge in [0.2, 0.25) is 5.91 Å². The lowest BCUT2D eigenvalue weighted by atomic mass is 9.71. The van der Waals surface area contributed by atoms with Crippen LogP contribution in [0.25, 0.3) is 0 Å². The van der Waals surface area contributed by atoms with Crippen LogP contribution in [0.5, 0.6) is 0 Å². The lowest BCUT2D eigenvalue weighted by molar-refractivity contribution is -0.121. The van der Waals surface area contributed by atoms with Gasteiger partial charge in [-0.1, -0.05) is 43.7 Å². The van der Waals surface area contributed by atoms with Gasteiger partial charge in [-0.25, -0.2) is 4.79 Å². The van der Waals surface area contributed by atoms with Crippen LogP contribution >= 0.6 is 0 Å². The Morgan fingerprint density at radius 2 is 1.97 bits per heavy atom. The average Bonchev–Trinajstić information content (AvgIpc) is 2.68. The lowest BCUT2D eigenvalue weighted by Gasteiger charge is -2.37. The van der Waals surface area contributed by atoms with Crippen molar-refractivity contribution < 1.29 is 9.90 Å². The van der Waals surface area contributed by atoms with E-state index in [1.54, 1.807) is 6.92 Å². The van der Waals surface area contributed by atoms with Crippen molar-refractivity contribution >= 4 is 5.91 Å². The van der Waals surface area contributed by atoms with Gasteiger partial charge in [0.25, 0.3) is 5.56 Å². The van der Waals surface area contributed by atoms with Crippen molar-refractivity contribution in [3.8, 4) is 0 Å². The van der Waals surface area contributed by atoms with E-state index in [0.717, 1.165) is 32.1 Å². The van der Waals surface area contributed by atoms with Crippen molar-refractivity contribution in [2.24, 2.45) is 5.41 Å². The van der Waals surface area contributed by atoms with Crippen molar-refractivity contribution in [1.82, 2.24) is 15.3 Å². The standard InChI is InChI=1S/C23H31N3O4/c1-15-19(21(29)26-22(30)25-15)12-20(28)24-14-23(2)10-6-9-18(27)11-17(13-23)16-7-4-3-5-8-16/h3-5,7-8,17-18,27H,6,9-14H2,1-2H3,(H,24,28)(H2,25,26,29,30)/t17-,18+,23+/m0/s1. The summed E-state index contributed by atoms with van der Waals surface area (Å²) in [4.78, 5) is 40.6. The second kappa shape index (κ2) is 9.43. The summed E-state index contributed by atoms with van der Waals surface area (Å²) in [5.41, 5.74) is 0.697. The number of aromatic amines is 2. The minimum Gasteiger partial charge on any atom is -0.393 e. The number of hydrogen-bond acceptors (Lipinski definition) is 4. The van der Waals surface area contributed by atoms with Gasteiger partial charge in [-0.15, -0.1) is 0 Å². The predicted molar refractivity (Wildman–Crippen MR) is 116 cm³/mol. The first-order valence-electron chi connectivity index (χ1n) is 10.6. The zero-order valence-electron chi connectivity index (χ0n) is 17.7. The number of rotatable bonds is 5. The molecular weight excluding hydrogens is 382 g/mol. The highest BCUT2D eigenvalue weighted by Gasteiger charge is 2.32. The summed E-state index contributed by atoms with van der Waals surface area (Å²) in [7, 11) is 0.